The molecule has 2 aliphatic rings. The standard InChI is InChI=1S/C21H25F3N6O2.C2H6/c22-21(23,24)16-4-3-15(18(13-16)28-6-1-2-7-28)14-27-9-11-29(12-10-27)20(32)30-8-5-17(26-30)19(25)31;1-2/h3-5,8,13H,1-2,6-7,9-12,14H2,(H2,25,31);1-2H3. The summed E-state index contributed by atoms with van der Waals surface area (Å²) in [7, 11) is 0. The van der Waals surface area contributed by atoms with Gasteiger partial charge in [0.1, 0.15) is 0 Å². The highest BCUT2D eigenvalue weighted by Gasteiger charge is 2.32. The van der Waals surface area contributed by atoms with Crippen molar-refractivity contribution in [2.45, 2.75) is 39.4 Å². The molecule has 186 valence electrons. The highest BCUT2D eigenvalue weighted by atomic mass is 19.4. The lowest BCUT2D eigenvalue weighted by atomic mass is 10.1. The Hall–Kier alpha value is -3.08. The zero-order valence-corrected chi connectivity index (χ0v) is 19.5. The number of aromatic nitrogens is 2. The van der Waals surface area contributed by atoms with Crippen molar-refractivity contribution >= 4 is 17.6 Å². The number of carbonyl (C=O) groups is 2. The van der Waals surface area contributed by atoms with Gasteiger partial charge in [0.25, 0.3) is 5.91 Å². The molecule has 2 aromatic rings. The second kappa shape index (κ2) is 10.9. The largest absolute Gasteiger partial charge is 0.416 e. The zero-order chi connectivity index (χ0) is 24.9. The van der Waals surface area contributed by atoms with Crippen LogP contribution in [0.25, 0.3) is 0 Å². The van der Waals surface area contributed by atoms with Crippen molar-refractivity contribution in [1.29, 1.82) is 0 Å². The maximum atomic E-state index is 13.3. The second-order valence-corrected chi connectivity index (χ2v) is 8.09. The average molecular weight is 481 g/mol. The van der Waals surface area contributed by atoms with Crippen LogP contribution in [0.3, 0.4) is 0 Å². The van der Waals surface area contributed by atoms with Crippen LogP contribution in [0.4, 0.5) is 23.7 Å². The van der Waals surface area contributed by atoms with E-state index in [0.717, 1.165) is 42.2 Å². The molecule has 2 amide bonds. The molecule has 0 aliphatic carbocycles. The summed E-state index contributed by atoms with van der Waals surface area (Å²) >= 11 is 0. The minimum absolute atomic E-state index is 0.0220. The van der Waals surface area contributed by atoms with Gasteiger partial charge in [0, 0.05) is 57.7 Å². The number of amides is 2. The third-order valence-electron chi connectivity index (χ3n) is 5.93. The molecule has 2 fully saturated rings. The first-order valence-electron chi connectivity index (χ1n) is 11.5. The van der Waals surface area contributed by atoms with Gasteiger partial charge in [-0.3, -0.25) is 9.69 Å². The van der Waals surface area contributed by atoms with Gasteiger partial charge in [-0.15, -0.1) is 0 Å². The summed E-state index contributed by atoms with van der Waals surface area (Å²) in [6.07, 6.45) is -1.03. The van der Waals surface area contributed by atoms with Crippen molar-refractivity contribution in [1.82, 2.24) is 19.6 Å². The van der Waals surface area contributed by atoms with Gasteiger partial charge < -0.3 is 15.5 Å². The van der Waals surface area contributed by atoms with E-state index in [-0.39, 0.29) is 11.7 Å². The molecule has 11 heteroatoms. The predicted octanol–water partition coefficient (Wildman–Crippen LogP) is 3.41. The van der Waals surface area contributed by atoms with Crippen LogP contribution >= 0.6 is 0 Å². The molecule has 0 bridgehead atoms. The molecule has 3 heterocycles. The molecule has 8 nitrogen and oxygen atoms in total. The number of alkyl halides is 3. The van der Waals surface area contributed by atoms with Crippen molar-refractivity contribution < 1.29 is 22.8 Å². The van der Waals surface area contributed by atoms with Gasteiger partial charge >= 0.3 is 12.2 Å². The van der Waals surface area contributed by atoms with Crippen LogP contribution in [0.2, 0.25) is 0 Å². The number of anilines is 1. The molecule has 4 rings (SSSR count). The molecule has 0 radical (unpaired) electrons. The number of halogens is 3. The van der Waals surface area contributed by atoms with Crippen LogP contribution in [0.15, 0.2) is 30.5 Å². The fraction of sp³-hybridized carbons (Fsp3) is 0.522. The molecule has 0 saturated carbocycles. The van der Waals surface area contributed by atoms with Gasteiger partial charge in [-0.2, -0.15) is 23.0 Å². The van der Waals surface area contributed by atoms with E-state index in [1.807, 2.05) is 18.7 Å². The molecular formula is C23H31F3N6O2. The predicted molar refractivity (Wildman–Crippen MR) is 123 cm³/mol. The summed E-state index contributed by atoms with van der Waals surface area (Å²) in [5, 5.41) is 3.90. The van der Waals surface area contributed by atoms with Crippen LogP contribution in [0.5, 0.6) is 0 Å². The summed E-state index contributed by atoms with van der Waals surface area (Å²) in [4.78, 5) is 29.6. The van der Waals surface area contributed by atoms with E-state index in [0.29, 0.717) is 38.4 Å². The Morgan fingerprint density at radius 1 is 1.00 bits per heavy atom. The van der Waals surface area contributed by atoms with Gasteiger partial charge in [-0.05, 0) is 36.6 Å². The van der Waals surface area contributed by atoms with Crippen molar-refractivity contribution in [2.24, 2.45) is 5.73 Å². The number of piperazine rings is 1. The normalized spacial score (nSPS) is 16.9. The van der Waals surface area contributed by atoms with Crippen molar-refractivity contribution in [2.75, 3.05) is 44.2 Å². The molecule has 1 aromatic heterocycles. The fourth-order valence-electron chi connectivity index (χ4n) is 4.17. The van der Waals surface area contributed by atoms with Gasteiger partial charge in [-0.25, -0.2) is 4.79 Å². The topological polar surface area (TPSA) is 87.7 Å². The van der Waals surface area contributed by atoms with E-state index < -0.39 is 17.6 Å². The van der Waals surface area contributed by atoms with Crippen LogP contribution < -0.4 is 10.6 Å². The Morgan fingerprint density at radius 3 is 2.21 bits per heavy atom. The number of rotatable bonds is 4. The quantitative estimate of drug-likeness (QED) is 0.725. The van der Waals surface area contributed by atoms with Gasteiger partial charge in [0.2, 0.25) is 0 Å². The number of hydrogen-bond acceptors (Lipinski definition) is 5. The number of carbonyl (C=O) groups excluding carboxylic acids is 2. The third-order valence-corrected chi connectivity index (χ3v) is 5.93. The van der Waals surface area contributed by atoms with E-state index >= 15 is 0 Å². The minimum atomic E-state index is -4.38. The van der Waals surface area contributed by atoms with E-state index in [9.17, 15) is 22.8 Å². The lowest BCUT2D eigenvalue weighted by Gasteiger charge is -2.35. The molecule has 2 saturated heterocycles. The highest BCUT2D eigenvalue weighted by Crippen LogP contribution is 2.35. The molecule has 0 unspecified atom stereocenters. The summed E-state index contributed by atoms with van der Waals surface area (Å²) in [5.41, 5.74) is 6.07. The molecule has 0 spiro atoms. The molecular weight excluding hydrogens is 449 g/mol. The van der Waals surface area contributed by atoms with Gasteiger partial charge in [0.05, 0.1) is 5.56 Å². The number of primary amides is 1. The molecule has 2 aliphatic heterocycles. The van der Waals surface area contributed by atoms with Gasteiger partial charge in [-0.1, -0.05) is 19.9 Å². The van der Waals surface area contributed by atoms with Crippen LogP contribution in [-0.2, 0) is 12.7 Å². The van der Waals surface area contributed by atoms with Crippen molar-refractivity contribution in [3.63, 3.8) is 0 Å². The summed E-state index contributed by atoms with van der Waals surface area (Å²) in [5.74, 6) is -0.702. The number of hydrogen-bond donors (Lipinski definition) is 1. The van der Waals surface area contributed by atoms with E-state index in [1.165, 1.54) is 18.3 Å². The summed E-state index contributed by atoms with van der Waals surface area (Å²) in [6.45, 7) is 8.09. The Bertz CT molecular complexity index is 993. The Balaban J connectivity index is 0.00000158. The number of benzene rings is 1. The summed E-state index contributed by atoms with van der Waals surface area (Å²) < 4.78 is 40.8. The van der Waals surface area contributed by atoms with E-state index in [4.69, 9.17) is 5.73 Å². The van der Waals surface area contributed by atoms with Gasteiger partial charge in [0.15, 0.2) is 5.69 Å². The van der Waals surface area contributed by atoms with Crippen molar-refractivity contribution in [3.8, 4) is 0 Å². The lowest BCUT2D eigenvalue weighted by molar-refractivity contribution is -0.137. The third kappa shape index (κ3) is 5.88. The van der Waals surface area contributed by atoms with Crippen molar-refractivity contribution in [3.05, 3.63) is 47.3 Å². The Kier molecular flexibility index (Phi) is 8.19. The lowest BCUT2D eigenvalue weighted by Crippen LogP contribution is -2.49. The SMILES string of the molecule is CC.NC(=O)c1ccn(C(=O)N2CCN(Cc3ccc(C(F)(F)F)cc3N3CCCC3)CC2)n1. The maximum Gasteiger partial charge on any atom is 0.416 e. The monoisotopic (exact) mass is 480 g/mol. The maximum absolute atomic E-state index is 13.3. The van der Waals surface area contributed by atoms with Crippen LogP contribution in [0, 0.1) is 0 Å². The minimum Gasteiger partial charge on any atom is -0.371 e. The molecule has 1 aromatic carbocycles. The molecule has 2 N–H and O–H groups in total. The Labute approximate surface area is 197 Å². The number of nitrogens with zero attached hydrogens (tertiary/aromatic N) is 5. The fourth-order valence-corrected chi connectivity index (χ4v) is 4.17. The first-order valence-corrected chi connectivity index (χ1v) is 11.5. The molecule has 0 atom stereocenters. The Morgan fingerprint density at radius 2 is 1.65 bits per heavy atom. The second-order valence-electron chi connectivity index (χ2n) is 8.09. The number of nitrogens with two attached hydrogens (primary N) is 1. The van der Waals surface area contributed by atoms with Crippen LogP contribution in [0.1, 0.15) is 48.3 Å². The summed E-state index contributed by atoms with van der Waals surface area (Å²) in [6, 6.07) is 5.02. The molecule has 34 heavy (non-hydrogen) atoms. The van der Waals surface area contributed by atoms with Crippen LogP contribution in [-0.4, -0.2) is 70.8 Å². The highest BCUT2D eigenvalue weighted by molar-refractivity contribution is 5.91. The van der Waals surface area contributed by atoms with E-state index in [1.54, 1.807) is 11.0 Å². The zero-order valence-electron chi connectivity index (χ0n) is 19.5. The van der Waals surface area contributed by atoms with E-state index in [2.05, 4.69) is 10.00 Å². The smallest absolute Gasteiger partial charge is 0.371 e. The first kappa shape index (κ1) is 25.5. The first-order chi connectivity index (χ1) is 16.2. The average Bonchev–Trinajstić information content (AvgIpc) is 3.53.